The van der Waals surface area contributed by atoms with E-state index in [0.29, 0.717) is 35.8 Å². The monoisotopic (exact) mass is 333 g/mol. The molecule has 1 rings (SSSR count). The molecule has 0 aromatic heterocycles. The van der Waals surface area contributed by atoms with E-state index >= 15 is 0 Å². The summed E-state index contributed by atoms with van der Waals surface area (Å²) in [5.41, 5.74) is 1.19. The molecule has 21 heavy (non-hydrogen) atoms. The number of nitrogens with one attached hydrogen (secondary N) is 3. The molecule has 0 atom stereocenters. The Labute approximate surface area is 130 Å². The van der Waals surface area contributed by atoms with E-state index in [1.165, 1.54) is 0 Å². The third kappa shape index (κ3) is 6.79. The number of anilines is 1. The van der Waals surface area contributed by atoms with Crippen LogP contribution >= 0.6 is 11.6 Å². The smallest absolute Gasteiger partial charge is 0.253 e. The van der Waals surface area contributed by atoms with Crippen molar-refractivity contribution in [3.05, 3.63) is 28.8 Å². The normalized spacial score (nSPS) is 11.2. The molecule has 1 amide bonds. The highest BCUT2D eigenvalue weighted by atomic mass is 35.5. The zero-order valence-corrected chi connectivity index (χ0v) is 13.6. The third-order valence-electron chi connectivity index (χ3n) is 2.60. The molecular weight excluding hydrogens is 314 g/mol. The zero-order valence-electron chi connectivity index (χ0n) is 12.1. The van der Waals surface area contributed by atoms with Gasteiger partial charge in [-0.3, -0.25) is 4.79 Å². The lowest BCUT2D eigenvalue weighted by Gasteiger charge is -2.11. The molecule has 0 heterocycles. The lowest BCUT2D eigenvalue weighted by Crippen LogP contribution is -2.29. The lowest BCUT2D eigenvalue weighted by atomic mass is 10.1. The second-order valence-electron chi connectivity index (χ2n) is 4.50. The summed E-state index contributed by atoms with van der Waals surface area (Å²) in [7, 11) is -3.19. The van der Waals surface area contributed by atoms with E-state index in [-0.39, 0.29) is 12.5 Å². The van der Waals surface area contributed by atoms with E-state index in [2.05, 4.69) is 15.4 Å². The van der Waals surface area contributed by atoms with Gasteiger partial charge in [-0.2, -0.15) is 0 Å². The van der Waals surface area contributed by atoms with Gasteiger partial charge in [-0.25, -0.2) is 13.1 Å². The highest BCUT2D eigenvalue weighted by molar-refractivity contribution is 7.88. The molecule has 8 heteroatoms. The van der Waals surface area contributed by atoms with Crippen molar-refractivity contribution in [3.8, 4) is 0 Å². The maximum absolute atomic E-state index is 12.1. The quantitative estimate of drug-likeness (QED) is 0.628. The number of sulfonamides is 1. The minimum Gasteiger partial charge on any atom is -0.385 e. The molecule has 0 bridgehead atoms. The van der Waals surface area contributed by atoms with Crippen LogP contribution in [0.5, 0.6) is 0 Å². The number of hydrogen-bond acceptors (Lipinski definition) is 4. The Bertz CT molecular complexity index is 590. The van der Waals surface area contributed by atoms with Crippen LogP contribution in [0.1, 0.15) is 23.7 Å². The standard InChI is InChI=1S/C13H20ClN3O3S/c1-3-15-12-6-5-10(14)9-11(12)13(18)16-7-4-8-17-21(2,19)20/h5-6,9,15,17H,3-4,7-8H2,1-2H3,(H,16,18). The van der Waals surface area contributed by atoms with Crippen molar-refractivity contribution >= 4 is 33.2 Å². The molecule has 6 nitrogen and oxygen atoms in total. The molecule has 0 saturated heterocycles. The fourth-order valence-electron chi connectivity index (χ4n) is 1.69. The Morgan fingerprint density at radius 1 is 1.29 bits per heavy atom. The molecule has 0 aliphatic heterocycles. The number of hydrogen-bond donors (Lipinski definition) is 3. The Kier molecular flexibility index (Phi) is 6.94. The fraction of sp³-hybridized carbons (Fsp3) is 0.462. The fourth-order valence-corrected chi connectivity index (χ4v) is 2.38. The van der Waals surface area contributed by atoms with Crippen LogP contribution in [0.2, 0.25) is 5.02 Å². The second kappa shape index (κ2) is 8.21. The van der Waals surface area contributed by atoms with Gasteiger partial charge in [0.15, 0.2) is 0 Å². The largest absolute Gasteiger partial charge is 0.385 e. The highest BCUT2D eigenvalue weighted by Gasteiger charge is 2.11. The maximum Gasteiger partial charge on any atom is 0.253 e. The average molecular weight is 334 g/mol. The van der Waals surface area contributed by atoms with E-state index in [0.717, 1.165) is 6.26 Å². The minimum absolute atomic E-state index is 0.243. The highest BCUT2D eigenvalue weighted by Crippen LogP contribution is 2.20. The van der Waals surface area contributed by atoms with Gasteiger partial charge in [-0.15, -0.1) is 0 Å². The van der Waals surface area contributed by atoms with E-state index in [4.69, 9.17) is 11.6 Å². The van der Waals surface area contributed by atoms with Crippen LogP contribution in [0.25, 0.3) is 0 Å². The molecule has 0 aliphatic carbocycles. The van der Waals surface area contributed by atoms with Crippen molar-refractivity contribution in [1.82, 2.24) is 10.0 Å². The maximum atomic E-state index is 12.1. The summed E-state index contributed by atoms with van der Waals surface area (Å²) in [5, 5.41) is 6.32. The minimum atomic E-state index is -3.19. The van der Waals surface area contributed by atoms with Gasteiger partial charge < -0.3 is 10.6 Å². The second-order valence-corrected chi connectivity index (χ2v) is 6.77. The topological polar surface area (TPSA) is 87.3 Å². The first kappa shape index (κ1) is 17.7. The molecule has 3 N–H and O–H groups in total. The average Bonchev–Trinajstić information content (AvgIpc) is 2.39. The summed E-state index contributed by atoms with van der Waals surface area (Å²) in [6.45, 7) is 3.29. The van der Waals surface area contributed by atoms with Crippen molar-refractivity contribution in [2.24, 2.45) is 0 Å². The summed E-state index contributed by atoms with van der Waals surface area (Å²) in [6.07, 6.45) is 1.61. The molecule has 1 aromatic rings. The summed E-state index contributed by atoms with van der Waals surface area (Å²) >= 11 is 5.91. The molecule has 0 spiro atoms. The molecule has 0 radical (unpaired) electrons. The van der Waals surface area contributed by atoms with Crippen LogP contribution in [0.4, 0.5) is 5.69 Å². The molecule has 1 aromatic carbocycles. The SMILES string of the molecule is CCNc1ccc(Cl)cc1C(=O)NCCCNS(C)(=O)=O. The number of halogens is 1. The van der Waals surface area contributed by atoms with E-state index in [1.807, 2.05) is 6.92 Å². The van der Waals surface area contributed by atoms with Crippen molar-refractivity contribution in [1.29, 1.82) is 0 Å². The van der Waals surface area contributed by atoms with Crippen LogP contribution < -0.4 is 15.4 Å². The molecule has 0 fully saturated rings. The van der Waals surface area contributed by atoms with Crippen LogP contribution in [0.15, 0.2) is 18.2 Å². The van der Waals surface area contributed by atoms with Crippen LogP contribution in [-0.4, -0.2) is 40.2 Å². The molecular formula is C13H20ClN3O3S. The number of rotatable bonds is 8. The summed E-state index contributed by atoms with van der Waals surface area (Å²) in [4.78, 5) is 12.1. The lowest BCUT2D eigenvalue weighted by molar-refractivity contribution is 0.0954. The zero-order chi connectivity index (χ0) is 15.9. The number of amides is 1. The summed E-state index contributed by atoms with van der Waals surface area (Å²) in [5.74, 6) is -0.243. The molecule has 118 valence electrons. The predicted octanol–water partition coefficient (Wildman–Crippen LogP) is 1.44. The van der Waals surface area contributed by atoms with Gasteiger partial charge in [0.25, 0.3) is 5.91 Å². The van der Waals surface area contributed by atoms with Gasteiger partial charge >= 0.3 is 0 Å². The molecule has 0 unspecified atom stereocenters. The molecule has 0 saturated carbocycles. The van der Waals surface area contributed by atoms with Gasteiger partial charge in [0.1, 0.15) is 0 Å². The predicted molar refractivity (Wildman–Crippen MR) is 85.4 cm³/mol. The van der Waals surface area contributed by atoms with Crippen molar-refractivity contribution in [2.45, 2.75) is 13.3 Å². The first-order valence-electron chi connectivity index (χ1n) is 6.59. The van der Waals surface area contributed by atoms with Gasteiger partial charge in [-0.05, 0) is 31.5 Å². The van der Waals surface area contributed by atoms with Crippen LogP contribution in [0, 0.1) is 0 Å². The first-order valence-corrected chi connectivity index (χ1v) is 8.86. The Morgan fingerprint density at radius 3 is 2.62 bits per heavy atom. The van der Waals surface area contributed by atoms with E-state index in [1.54, 1.807) is 18.2 Å². The van der Waals surface area contributed by atoms with Gasteiger partial charge in [0.2, 0.25) is 10.0 Å². The van der Waals surface area contributed by atoms with Crippen molar-refractivity contribution in [3.63, 3.8) is 0 Å². The Hall–Kier alpha value is -1.31. The van der Waals surface area contributed by atoms with Crippen molar-refractivity contribution in [2.75, 3.05) is 31.2 Å². The first-order chi connectivity index (χ1) is 9.83. The Morgan fingerprint density at radius 2 is 2.00 bits per heavy atom. The van der Waals surface area contributed by atoms with Gasteiger partial charge in [0, 0.05) is 30.3 Å². The van der Waals surface area contributed by atoms with E-state index < -0.39 is 10.0 Å². The molecule has 0 aliphatic rings. The van der Waals surface area contributed by atoms with Gasteiger partial charge in [0.05, 0.1) is 11.8 Å². The van der Waals surface area contributed by atoms with Gasteiger partial charge in [-0.1, -0.05) is 11.6 Å². The number of carbonyl (C=O) groups excluding carboxylic acids is 1. The Balaban J connectivity index is 2.53. The van der Waals surface area contributed by atoms with Crippen molar-refractivity contribution < 1.29 is 13.2 Å². The van der Waals surface area contributed by atoms with E-state index in [9.17, 15) is 13.2 Å². The van der Waals surface area contributed by atoms with Crippen LogP contribution in [0.3, 0.4) is 0 Å². The summed E-state index contributed by atoms with van der Waals surface area (Å²) < 4.78 is 24.1. The summed E-state index contributed by atoms with van der Waals surface area (Å²) in [6, 6.07) is 5.07. The number of benzene rings is 1. The van der Waals surface area contributed by atoms with Crippen LogP contribution in [-0.2, 0) is 10.0 Å². The number of carbonyl (C=O) groups is 1. The third-order valence-corrected chi connectivity index (χ3v) is 3.56.